The number of methoxy groups -OCH3 is 1. The van der Waals surface area contributed by atoms with Crippen molar-refractivity contribution in [3.8, 4) is 5.75 Å². The molecule has 2 aliphatic heterocycles. The van der Waals surface area contributed by atoms with Crippen LogP contribution in [0.4, 0.5) is 0 Å². The first-order valence-corrected chi connectivity index (χ1v) is 9.04. The molecule has 0 spiro atoms. The predicted molar refractivity (Wildman–Crippen MR) is 101 cm³/mol. The maximum Gasteiger partial charge on any atom is 0.138 e. The zero-order valence-corrected chi connectivity index (χ0v) is 15.1. The smallest absolute Gasteiger partial charge is 0.138 e. The molecule has 1 fully saturated rings. The van der Waals surface area contributed by atoms with Gasteiger partial charge in [0.05, 0.1) is 31.4 Å². The van der Waals surface area contributed by atoms with E-state index >= 15 is 0 Å². The third-order valence-corrected chi connectivity index (χ3v) is 5.39. The van der Waals surface area contributed by atoms with Crippen LogP contribution in [-0.4, -0.2) is 37.3 Å². The van der Waals surface area contributed by atoms with Crippen LogP contribution in [0.5, 0.6) is 5.75 Å². The summed E-state index contributed by atoms with van der Waals surface area (Å²) < 4.78 is 11.2. The molecule has 2 unspecified atom stereocenters. The Bertz CT molecular complexity index is 775. The highest BCUT2D eigenvalue weighted by Gasteiger charge is 2.34. The second kappa shape index (κ2) is 7.20. The summed E-state index contributed by atoms with van der Waals surface area (Å²) >= 11 is 6.17. The lowest BCUT2D eigenvalue weighted by Crippen LogP contribution is -2.53. The van der Waals surface area contributed by atoms with Gasteiger partial charge in [-0.1, -0.05) is 54.1 Å². The molecule has 2 atom stereocenters. The van der Waals surface area contributed by atoms with E-state index in [1.165, 1.54) is 16.7 Å². The van der Waals surface area contributed by atoms with Gasteiger partial charge in [0.2, 0.25) is 0 Å². The van der Waals surface area contributed by atoms with Crippen LogP contribution in [0.1, 0.15) is 17.5 Å². The van der Waals surface area contributed by atoms with Gasteiger partial charge in [0.25, 0.3) is 0 Å². The Kier molecular flexibility index (Phi) is 4.80. The maximum atomic E-state index is 6.17. The van der Waals surface area contributed by atoms with Gasteiger partial charge in [-0.05, 0) is 35.3 Å². The number of fused-ring (bicyclic) bond motifs is 2. The molecular formula is C21H22ClNO2. The number of benzene rings is 2. The van der Waals surface area contributed by atoms with E-state index in [2.05, 4.69) is 47.4 Å². The molecule has 2 aromatic rings. The Morgan fingerprint density at radius 3 is 2.76 bits per heavy atom. The average Bonchev–Trinajstić information content (AvgIpc) is 2.63. The molecule has 4 rings (SSSR count). The monoisotopic (exact) mass is 355 g/mol. The summed E-state index contributed by atoms with van der Waals surface area (Å²) in [6.45, 7) is 2.50. The van der Waals surface area contributed by atoms with Gasteiger partial charge in [0, 0.05) is 12.6 Å². The van der Waals surface area contributed by atoms with E-state index in [-0.39, 0.29) is 0 Å². The number of rotatable bonds is 4. The average molecular weight is 356 g/mol. The first-order chi connectivity index (χ1) is 12.2. The molecular weight excluding hydrogens is 334 g/mol. The highest BCUT2D eigenvalue weighted by Crippen LogP contribution is 2.36. The Hall–Kier alpha value is -1.81. The lowest BCUT2D eigenvalue weighted by molar-refractivity contribution is -0.0402. The van der Waals surface area contributed by atoms with Crippen LogP contribution in [0.15, 0.2) is 54.6 Å². The van der Waals surface area contributed by atoms with Gasteiger partial charge < -0.3 is 9.47 Å². The van der Waals surface area contributed by atoms with Gasteiger partial charge in [-0.2, -0.15) is 0 Å². The largest absolute Gasteiger partial charge is 0.495 e. The molecule has 0 N–H and O–H groups in total. The minimum absolute atomic E-state index is 0.310. The summed E-state index contributed by atoms with van der Waals surface area (Å²) in [5.41, 5.74) is 3.90. The van der Waals surface area contributed by atoms with Crippen molar-refractivity contribution in [2.75, 3.05) is 20.3 Å². The molecule has 0 radical (unpaired) electrons. The van der Waals surface area contributed by atoms with Crippen molar-refractivity contribution in [2.45, 2.75) is 25.0 Å². The van der Waals surface area contributed by atoms with Crippen LogP contribution in [-0.2, 0) is 11.3 Å². The molecule has 25 heavy (non-hydrogen) atoms. The fraction of sp³-hybridized carbons (Fsp3) is 0.333. The van der Waals surface area contributed by atoms with Crippen molar-refractivity contribution in [3.63, 3.8) is 0 Å². The molecule has 2 aromatic carbocycles. The molecule has 0 aliphatic carbocycles. The zero-order chi connectivity index (χ0) is 17.2. The topological polar surface area (TPSA) is 21.7 Å². The Morgan fingerprint density at radius 1 is 1.16 bits per heavy atom. The van der Waals surface area contributed by atoms with Crippen molar-refractivity contribution in [3.05, 3.63) is 70.8 Å². The number of hydrogen-bond acceptors (Lipinski definition) is 3. The number of hydrogen-bond donors (Lipinski definition) is 0. The fourth-order valence-corrected chi connectivity index (χ4v) is 3.97. The molecule has 0 aromatic heterocycles. The van der Waals surface area contributed by atoms with Crippen molar-refractivity contribution in [2.24, 2.45) is 0 Å². The first-order valence-electron chi connectivity index (χ1n) is 8.66. The van der Waals surface area contributed by atoms with Crippen molar-refractivity contribution < 1.29 is 9.47 Å². The van der Waals surface area contributed by atoms with Crippen LogP contribution in [0, 0.1) is 0 Å². The van der Waals surface area contributed by atoms with Gasteiger partial charge in [-0.3, -0.25) is 4.90 Å². The van der Waals surface area contributed by atoms with E-state index < -0.39 is 0 Å². The van der Waals surface area contributed by atoms with E-state index in [0.717, 1.165) is 31.9 Å². The lowest BCUT2D eigenvalue weighted by atomic mass is 9.89. The molecule has 3 nitrogen and oxygen atoms in total. The van der Waals surface area contributed by atoms with E-state index in [9.17, 15) is 0 Å². The molecule has 0 saturated carbocycles. The summed E-state index contributed by atoms with van der Waals surface area (Å²) in [5.74, 6) is 0.730. The summed E-state index contributed by atoms with van der Waals surface area (Å²) in [6.07, 6.45) is 3.33. The molecule has 130 valence electrons. The quantitative estimate of drug-likeness (QED) is 0.811. The van der Waals surface area contributed by atoms with E-state index in [1.54, 1.807) is 7.11 Å². The van der Waals surface area contributed by atoms with Crippen molar-refractivity contribution >= 4 is 17.2 Å². The van der Waals surface area contributed by atoms with E-state index in [4.69, 9.17) is 21.1 Å². The minimum atomic E-state index is 0.310. The van der Waals surface area contributed by atoms with Crippen LogP contribution in [0.2, 0.25) is 5.02 Å². The standard InChI is InChI=1S/C21H22ClNO2/c1-24-21-11-16(7-8-20(21)22)17-9-18-13-25-14-19(10-17)23(18)12-15-5-3-2-4-6-15/h2-9,11,18-19H,10,12-14H2,1H3. The van der Waals surface area contributed by atoms with Gasteiger partial charge >= 0.3 is 0 Å². The third-order valence-electron chi connectivity index (χ3n) is 5.07. The van der Waals surface area contributed by atoms with E-state index in [0.29, 0.717) is 17.1 Å². The fourth-order valence-electron chi connectivity index (χ4n) is 3.78. The van der Waals surface area contributed by atoms with Crippen molar-refractivity contribution in [1.82, 2.24) is 4.90 Å². The van der Waals surface area contributed by atoms with Crippen LogP contribution in [0.3, 0.4) is 0 Å². The molecule has 2 bridgehead atoms. The predicted octanol–water partition coefficient (Wildman–Crippen LogP) is 4.41. The number of nitrogens with zero attached hydrogens (tertiary/aromatic N) is 1. The molecule has 0 amide bonds. The van der Waals surface area contributed by atoms with Crippen LogP contribution in [0.25, 0.3) is 5.57 Å². The second-order valence-corrected chi connectivity index (χ2v) is 7.07. The van der Waals surface area contributed by atoms with Gasteiger partial charge in [-0.25, -0.2) is 0 Å². The van der Waals surface area contributed by atoms with Crippen LogP contribution < -0.4 is 4.74 Å². The SMILES string of the molecule is COc1cc(C2=CC3COCC(C2)N3Cc2ccccc2)ccc1Cl. The van der Waals surface area contributed by atoms with Crippen molar-refractivity contribution in [1.29, 1.82) is 0 Å². The minimum Gasteiger partial charge on any atom is -0.495 e. The maximum absolute atomic E-state index is 6.17. The molecule has 4 heteroatoms. The Balaban J connectivity index is 1.61. The normalized spacial score (nSPS) is 23.2. The summed E-state index contributed by atoms with van der Waals surface area (Å²) in [6, 6.07) is 17.4. The third kappa shape index (κ3) is 3.45. The summed E-state index contributed by atoms with van der Waals surface area (Å²) in [4.78, 5) is 2.56. The highest BCUT2D eigenvalue weighted by molar-refractivity contribution is 6.32. The number of ether oxygens (including phenoxy) is 2. The molecule has 1 saturated heterocycles. The Morgan fingerprint density at radius 2 is 2.00 bits per heavy atom. The van der Waals surface area contributed by atoms with E-state index in [1.807, 2.05) is 12.1 Å². The summed E-state index contributed by atoms with van der Waals surface area (Å²) in [5, 5.41) is 0.650. The zero-order valence-electron chi connectivity index (χ0n) is 14.3. The second-order valence-electron chi connectivity index (χ2n) is 6.66. The number of morpholine rings is 1. The molecule has 2 heterocycles. The number of halogens is 1. The molecule has 2 aliphatic rings. The lowest BCUT2D eigenvalue weighted by Gasteiger charge is -2.45. The highest BCUT2D eigenvalue weighted by atomic mass is 35.5. The van der Waals surface area contributed by atoms with Gasteiger partial charge in [0.1, 0.15) is 5.75 Å². The van der Waals surface area contributed by atoms with Crippen LogP contribution >= 0.6 is 11.6 Å². The van der Waals surface area contributed by atoms with Gasteiger partial charge in [0.15, 0.2) is 0 Å². The first kappa shape index (κ1) is 16.6. The Labute approximate surface area is 153 Å². The summed E-state index contributed by atoms with van der Waals surface area (Å²) in [7, 11) is 1.66. The van der Waals surface area contributed by atoms with Gasteiger partial charge in [-0.15, -0.1) is 0 Å².